The van der Waals surface area contributed by atoms with Gasteiger partial charge in [-0.15, -0.1) is 0 Å². The predicted octanol–water partition coefficient (Wildman–Crippen LogP) is 0.549. The molecule has 21 heavy (non-hydrogen) atoms. The van der Waals surface area contributed by atoms with Gasteiger partial charge in [-0.1, -0.05) is 0 Å². The van der Waals surface area contributed by atoms with Gasteiger partial charge in [-0.3, -0.25) is 9.69 Å². The molecule has 1 aliphatic rings. The molecule has 1 saturated heterocycles. The Labute approximate surface area is 119 Å². The van der Waals surface area contributed by atoms with E-state index in [2.05, 4.69) is 15.6 Å². The van der Waals surface area contributed by atoms with Crippen LogP contribution in [-0.2, 0) is 0 Å². The zero-order valence-electron chi connectivity index (χ0n) is 11.5. The van der Waals surface area contributed by atoms with E-state index in [1.807, 2.05) is 0 Å². The van der Waals surface area contributed by atoms with Gasteiger partial charge in [0.25, 0.3) is 5.91 Å². The predicted molar refractivity (Wildman–Crippen MR) is 67.9 cm³/mol. The number of aryl methyl sites for hydroxylation is 1. The van der Waals surface area contributed by atoms with Crippen molar-refractivity contribution in [2.45, 2.75) is 19.1 Å². The van der Waals surface area contributed by atoms with Gasteiger partial charge in [0.05, 0.1) is 5.69 Å². The molecular formula is C12H17F3N4O2. The highest BCUT2D eigenvalue weighted by atomic mass is 19.4. The molecule has 0 radical (unpaired) electrons. The number of nitrogens with zero attached hydrogens (tertiary/aromatic N) is 2. The molecule has 1 fully saturated rings. The maximum absolute atomic E-state index is 13.1. The van der Waals surface area contributed by atoms with Crippen LogP contribution in [0.15, 0.2) is 10.8 Å². The van der Waals surface area contributed by atoms with Crippen LogP contribution < -0.4 is 10.6 Å². The number of rotatable bonds is 4. The van der Waals surface area contributed by atoms with Crippen molar-refractivity contribution in [3.8, 4) is 0 Å². The van der Waals surface area contributed by atoms with E-state index in [1.54, 1.807) is 6.92 Å². The SMILES string of the molecule is Cc1ncoc1C(=O)NCC(N1CCNCC1)C(F)(F)F. The van der Waals surface area contributed by atoms with E-state index in [4.69, 9.17) is 4.42 Å². The lowest BCUT2D eigenvalue weighted by Crippen LogP contribution is -2.57. The molecule has 0 aliphatic carbocycles. The number of halogens is 3. The van der Waals surface area contributed by atoms with Crippen LogP contribution in [0, 0.1) is 6.92 Å². The number of aromatic nitrogens is 1. The maximum atomic E-state index is 13.1. The van der Waals surface area contributed by atoms with E-state index < -0.39 is 24.7 Å². The Bertz CT molecular complexity index is 483. The molecule has 1 atom stereocenters. The average Bonchev–Trinajstić information content (AvgIpc) is 2.85. The molecule has 1 amide bonds. The molecule has 1 aromatic heterocycles. The first kappa shape index (κ1) is 15.8. The molecule has 118 valence electrons. The van der Waals surface area contributed by atoms with Crippen LogP contribution in [0.5, 0.6) is 0 Å². The van der Waals surface area contributed by atoms with Crippen molar-refractivity contribution in [3.63, 3.8) is 0 Å². The summed E-state index contributed by atoms with van der Waals surface area (Å²) in [6.07, 6.45) is -3.32. The first-order valence-corrected chi connectivity index (χ1v) is 6.59. The zero-order valence-corrected chi connectivity index (χ0v) is 11.5. The molecule has 0 bridgehead atoms. The first-order valence-electron chi connectivity index (χ1n) is 6.59. The number of hydrogen-bond acceptors (Lipinski definition) is 5. The summed E-state index contributed by atoms with van der Waals surface area (Å²) in [5.41, 5.74) is 0.346. The average molecular weight is 306 g/mol. The molecule has 2 rings (SSSR count). The summed E-state index contributed by atoms with van der Waals surface area (Å²) < 4.78 is 44.2. The lowest BCUT2D eigenvalue weighted by Gasteiger charge is -2.35. The monoisotopic (exact) mass is 306 g/mol. The largest absolute Gasteiger partial charge is 0.438 e. The van der Waals surface area contributed by atoms with E-state index in [0.717, 1.165) is 6.39 Å². The highest BCUT2D eigenvalue weighted by Crippen LogP contribution is 2.24. The third kappa shape index (κ3) is 3.94. The maximum Gasteiger partial charge on any atom is 0.405 e. The quantitative estimate of drug-likeness (QED) is 0.850. The minimum atomic E-state index is -4.40. The Morgan fingerprint density at radius 3 is 2.71 bits per heavy atom. The molecule has 9 heteroatoms. The van der Waals surface area contributed by atoms with Gasteiger partial charge in [-0.05, 0) is 6.92 Å². The van der Waals surface area contributed by atoms with Gasteiger partial charge in [-0.2, -0.15) is 13.2 Å². The molecule has 2 heterocycles. The Balaban J connectivity index is 1.99. The van der Waals surface area contributed by atoms with E-state index in [1.165, 1.54) is 4.90 Å². The number of carbonyl (C=O) groups excluding carboxylic acids is 1. The van der Waals surface area contributed by atoms with Crippen molar-refractivity contribution in [1.82, 2.24) is 20.5 Å². The van der Waals surface area contributed by atoms with E-state index in [0.29, 0.717) is 31.9 Å². The van der Waals surface area contributed by atoms with Crippen molar-refractivity contribution < 1.29 is 22.4 Å². The highest BCUT2D eigenvalue weighted by Gasteiger charge is 2.43. The molecule has 0 spiro atoms. The summed E-state index contributed by atoms with van der Waals surface area (Å²) in [4.78, 5) is 16.9. The van der Waals surface area contributed by atoms with Gasteiger partial charge in [0.1, 0.15) is 6.04 Å². The minimum Gasteiger partial charge on any atom is -0.438 e. The second-order valence-corrected chi connectivity index (χ2v) is 4.82. The van der Waals surface area contributed by atoms with Crippen LogP contribution in [0.1, 0.15) is 16.2 Å². The van der Waals surface area contributed by atoms with Crippen LogP contribution in [0.25, 0.3) is 0 Å². The fourth-order valence-electron chi connectivity index (χ4n) is 2.24. The van der Waals surface area contributed by atoms with Gasteiger partial charge in [0, 0.05) is 32.7 Å². The van der Waals surface area contributed by atoms with E-state index >= 15 is 0 Å². The van der Waals surface area contributed by atoms with Crippen molar-refractivity contribution >= 4 is 5.91 Å². The van der Waals surface area contributed by atoms with Crippen molar-refractivity contribution in [2.24, 2.45) is 0 Å². The van der Waals surface area contributed by atoms with Crippen LogP contribution in [0.3, 0.4) is 0 Å². The smallest absolute Gasteiger partial charge is 0.405 e. The van der Waals surface area contributed by atoms with Crippen LogP contribution in [-0.4, -0.2) is 60.7 Å². The van der Waals surface area contributed by atoms with Crippen LogP contribution >= 0.6 is 0 Å². The van der Waals surface area contributed by atoms with Gasteiger partial charge >= 0.3 is 6.18 Å². The second kappa shape index (κ2) is 6.44. The lowest BCUT2D eigenvalue weighted by molar-refractivity contribution is -0.183. The molecular weight excluding hydrogens is 289 g/mol. The lowest BCUT2D eigenvalue weighted by atomic mass is 10.2. The van der Waals surface area contributed by atoms with Gasteiger partial charge in [-0.25, -0.2) is 4.98 Å². The van der Waals surface area contributed by atoms with Crippen LogP contribution in [0.4, 0.5) is 13.2 Å². The summed E-state index contributed by atoms with van der Waals surface area (Å²) in [7, 11) is 0. The molecule has 1 unspecified atom stereocenters. The normalized spacial score (nSPS) is 18.5. The molecule has 1 aliphatic heterocycles. The number of hydrogen-bond donors (Lipinski definition) is 2. The summed E-state index contributed by atoms with van der Waals surface area (Å²) in [5.74, 6) is -0.745. The second-order valence-electron chi connectivity index (χ2n) is 4.82. The van der Waals surface area contributed by atoms with Crippen molar-refractivity contribution in [3.05, 3.63) is 17.8 Å². The topological polar surface area (TPSA) is 70.4 Å². The highest BCUT2D eigenvalue weighted by molar-refractivity contribution is 5.92. The summed E-state index contributed by atoms with van der Waals surface area (Å²) in [6, 6.07) is -1.70. The van der Waals surface area contributed by atoms with Gasteiger partial charge in [0.2, 0.25) is 5.76 Å². The number of alkyl halides is 3. The molecule has 2 N–H and O–H groups in total. The Morgan fingerprint density at radius 2 is 2.19 bits per heavy atom. The molecule has 6 nitrogen and oxygen atoms in total. The summed E-state index contributed by atoms with van der Waals surface area (Å²) >= 11 is 0. The number of amides is 1. The molecule has 0 aromatic carbocycles. The number of nitrogens with one attached hydrogen (secondary N) is 2. The van der Waals surface area contributed by atoms with Gasteiger partial charge in [0.15, 0.2) is 6.39 Å². The Morgan fingerprint density at radius 1 is 1.52 bits per heavy atom. The standard InChI is InChI=1S/C12H17F3N4O2/c1-8-10(21-7-18-8)11(20)17-6-9(12(13,14)15)19-4-2-16-3-5-19/h7,9,16H,2-6H2,1H3,(H,17,20). The van der Waals surface area contributed by atoms with E-state index in [9.17, 15) is 18.0 Å². The molecule has 1 aromatic rings. The number of oxazole rings is 1. The van der Waals surface area contributed by atoms with Crippen LogP contribution in [0.2, 0.25) is 0 Å². The Kier molecular flexibility index (Phi) is 4.84. The van der Waals surface area contributed by atoms with Crippen molar-refractivity contribution in [2.75, 3.05) is 32.7 Å². The number of carbonyl (C=O) groups is 1. The summed E-state index contributed by atoms with van der Waals surface area (Å²) in [6.45, 7) is 2.63. The fourth-order valence-corrected chi connectivity index (χ4v) is 2.24. The minimum absolute atomic E-state index is 0.0590. The molecule has 0 saturated carbocycles. The van der Waals surface area contributed by atoms with Gasteiger partial charge < -0.3 is 15.1 Å². The fraction of sp³-hybridized carbons (Fsp3) is 0.667. The Hall–Kier alpha value is -1.61. The summed E-state index contributed by atoms with van der Waals surface area (Å²) in [5, 5.41) is 5.27. The zero-order chi connectivity index (χ0) is 15.5. The number of piperazine rings is 1. The third-order valence-electron chi connectivity index (χ3n) is 3.38. The first-order chi connectivity index (χ1) is 9.89. The third-order valence-corrected chi connectivity index (χ3v) is 3.38. The van der Waals surface area contributed by atoms with E-state index in [-0.39, 0.29) is 5.76 Å². The van der Waals surface area contributed by atoms with Crippen molar-refractivity contribution in [1.29, 1.82) is 0 Å².